The van der Waals surface area contributed by atoms with Gasteiger partial charge in [0.25, 0.3) is 0 Å². The average Bonchev–Trinajstić information content (AvgIpc) is 3.18. The molecule has 0 radical (unpaired) electrons. The first-order valence-corrected chi connectivity index (χ1v) is 8.37. The second-order valence-electron chi connectivity index (χ2n) is 6.23. The van der Waals surface area contributed by atoms with Crippen LogP contribution in [0.25, 0.3) is 0 Å². The van der Waals surface area contributed by atoms with E-state index in [0.29, 0.717) is 15.5 Å². The summed E-state index contributed by atoms with van der Waals surface area (Å²) in [7, 11) is 5.44. The lowest BCUT2D eigenvalue weighted by Crippen LogP contribution is -2.57. The molecule has 1 saturated heterocycles. The van der Waals surface area contributed by atoms with Gasteiger partial charge in [-0.3, -0.25) is 14.5 Å². The number of imide groups is 2. The van der Waals surface area contributed by atoms with Crippen LogP contribution in [0.5, 0.6) is 17.2 Å². The number of rotatable bonds is 4. The Labute approximate surface area is 165 Å². The fourth-order valence-electron chi connectivity index (χ4n) is 3.42. The molecular weight excluding hydrogens is 384 g/mol. The minimum Gasteiger partial charge on any atom is -0.496 e. The minimum atomic E-state index is -2.24. The van der Waals surface area contributed by atoms with Crippen molar-refractivity contribution < 1.29 is 33.4 Å². The fourth-order valence-corrected chi connectivity index (χ4v) is 3.42. The van der Waals surface area contributed by atoms with Gasteiger partial charge in [0, 0.05) is 26.1 Å². The number of urea groups is 1. The monoisotopic (exact) mass is 402 g/mol. The highest BCUT2D eigenvalue weighted by molar-refractivity contribution is 6.19. The summed E-state index contributed by atoms with van der Waals surface area (Å²) >= 11 is 0. The van der Waals surface area contributed by atoms with Crippen molar-refractivity contribution in [2.75, 3.05) is 28.4 Å². The predicted molar refractivity (Wildman–Crippen MR) is 96.2 cm³/mol. The Hall–Kier alpha value is -3.81. The topological polar surface area (TPSA) is 131 Å². The number of carbonyl (C=O) groups excluding carboxylic acids is 3. The number of benzene rings is 1. The lowest BCUT2D eigenvalue weighted by molar-refractivity contribution is -0.170. The molecule has 0 aromatic heterocycles. The number of methoxy groups -OCH3 is 3. The number of hydrogen-bond acceptors (Lipinski definition) is 9. The summed E-state index contributed by atoms with van der Waals surface area (Å²) in [5.74, 6) is -2.18. The van der Waals surface area contributed by atoms with Crippen molar-refractivity contribution in [1.29, 1.82) is 5.26 Å². The molecule has 1 fully saturated rings. The highest BCUT2D eigenvalue weighted by atomic mass is 16.7. The van der Waals surface area contributed by atoms with Gasteiger partial charge in [-0.1, -0.05) is 5.16 Å². The first-order valence-electron chi connectivity index (χ1n) is 8.37. The van der Waals surface area contributed by atoms with E-state index < -0.39 is 29.5 Å². The van der Waals surface area contributed by atoms with E-state index in [1.165, 1.54) is 40.5 Å². The maximum Gasteiger partial charge on any atom is 0.337 e. The highest BCUT2D eigenvalue weighted by Gasteiger charge is 2.70. The number of hydrogen-bond donors (Lipinski definition) is 0. The van der Waals surface area contributed by atoms with Crippen molar-refractivity contribution in [2.24, 2.45) is 11.1 Å². The lowest BCUT2D eigenvalue weighted by atomic mass is 9.87. The zero-order chi connectivity index (χ0) is 21.5. The van der Waals surface area contributed by atoms with Crippen LogP contribution in [0.15, 0.2) is 17.3 Å². The quantitative estimate of drug-likeness (QED) is 0.674. The van der Waals surface area contributed by atoms with E-state index >= 15 is 0 Å². The molecule has 0 saturated carbocycles. The van der Waals surface area contributed by atoms with E-state index in [0.717, 1.165) is 6.92 Å². The molecule has 1 aromatic rings. The molecule has 0 aliphatic carbocycles. The maximum absolute atomic E-state index is 12.9. The van der Waals surface area contributed by atoms with Crippen molar-refractivity contribution in [2.45, 2.75) is 12.6 Å². The third kappa shape index (κ3) is 2.56. The zero-order valence-corrected chi connectivity index (χ0v) is 16.4. The third-order valence-electron chi connectivity index (χ3n) is 4.78. The number of nitriles is 1. The second-order valence-corrected chi connectivity index (χ2v) is 6.23. The normalized spacial score (nSPS) is 23.0. The maximum atomic E-state index is 12.9. The van der Waals surface area contributed by atoms with Gasteiger partial charge in [-0.15, -0.1) is 0 Å². The van der Waals surface area contributed by atoms with Crippen molar-refractivity contribution in [3.63, 3.8) is 0 Å². The fraction of sp³-hybridized carbons (Fsp3) is 0.389. The SMILES string of the molecule is COc1cc(OC)c(C2=NO[C@@]3(C(=O)N(C)C(=O)N3C(C)=O)[C@@H]2C#N)c(OC)c1. The van der Waals surface area contributed by atoms with E-state index in [4.69, 9.17) is 19.0 Å². The third-order valence-corrected chi connectivity index (χ3v) is 4.78. The standard InChI is InChI=1S/C18H18N4O7/c1-9(23)22-17(25)21(2)16(24)18(22)11(8-19)15(20-29-18)14-12(27-4)6-10(26-3)7-13(14)28-5/h6-7,11H,1-5H3/t11-,18-/m1/s1. The average molecular weight is 402 g/mol. The molecule has 11 heteroatoms. The Morgan fingerprint density at radius 2 is 1.79 bits per heavy atom. The molecule has 2 atom stereocenters. The van der Waals surface area contributed by atoms with Crippen molar-refractivity contribution in [1.82, 2.24) is 9.80 Å². The summed E-state index contributed by atoms with van der Waals surface area (Å²) in [5.41, 5.74) is -2.03. The Balaban J connectivity index is 2.21. The van der Waals surface area contributed by atoms with E-state index in [1.54, 1.807) is 0 Å². The van der Waals surface area contributed by atoms with Gasteiger partial charge >= 0.3 is 17.7 Å². The van der Waals surface area contributed by atoms with Crippen LogP contribution in [-0.4, -0.2) is 67.5 Å². The largest absolute Gasteiger partial charge is 0.496 e. The molecule has 3 rings (SSSR count). The van der Waals surface area contributed by atoms with Gasteiger partial charge in [-0.2, -0.15) is 5.26 Å². The molecule has 4 amide bonds. The predicted octanol–water partition coefficient (Wildman–Crippen LogP) is 0.723. The molecule has 1 aromatic carbocycles. The molecule has 2 heterocycles. The van der Waals surface area contributed by atoms with Gasteiger partial charge in [0.15, 0.2) is 5.92 Å². The second kappa shape index (κ2) is 6.97. The molecule has 0 N–H and O–H groups in total. The van der Waals surface area contributed by atoms with Crippen LogP contribution >= 0.6 is 0 Å². The van der Waals surface area contributed by atoms with Gasteiger partial charge in [0.05, 0.1) is 33.0 Å². The lowest BCUT2D eigenvalue weighted by Gasteiger charge is -2.28. The van der Waals surface area contributed by atoms with E-state index in [-0.39, 0.29) is 22.8 Å². The van der Waals surface area contributed by atoms with Crippen molar-refractivity contribution in [3.8, 4) is 23.3 Å². The first-order chi connectivity index (χ1) is 13.8. The number of ether oxygens (including phenoxy) is 3. The molecule has 2 aliphatic rings. The van der Waals surface area contributed by atoms with Gasteiger partial charge in [-0.25, -0.2) is 9.69 Å². The molecule has 0 bridgehead atoms. The van der Waals surface area contributed by atoms with Crippen LogP contribution in [0, 0.1) is 17.2 Å². The Morgan fingerprint density at radius 1 is 1.21 bits per heavy atom. The smallest absolute Gasteiger partial charge is 0.337 e. The van der Waals surface area contributed by atoms with E-state index in [9.17, 15) is 19.6 Å². The van der Waals surface area contributed by atoms with Gasteiger partial charge in [-0.05, 0) is 0 Å². The Kier molecular flexibility index (Phi) is 4.79. The molecule has 2 aliphatic heterocycles. The van der Waals surface area contributed by atoms with Gasteiger partial charge < -0.3 is 19.0 Å². The van der Waals surface area contributed by atoms with Crippen LogP contribution in [-0.2, 0) is 14.4 Å². The zero-order valence-electron chi connectivity index (χ0n) is 16.4. The molecule has 0 unspecified atom stereocenters. The summed E-state index contributed by atoms with van der Waals surface area (Å²) in [6.45, 7) is 1.09. The minimum absolute atomic E-state index is 0.0217. The van der Waals surface area contributed by atoms with Crippen LogP contribution in [0.1, 0.15) is 12.5 Å². The Bertz CT molecular complexity index is 958. The first kappa shape index (κ1) is 19.9. The summed E-state index contributed by atoms with van der Waals surface area (Å²) < 4.78 is 16.0. The highest BCUT2D eigenvalue weighted by Crippen LogP contribution is 2.45. The van der Waals surface area contributed by atoms with Crippen LogP contribution in [0.4, 0.5) is 4.79 Å². The number of oxime groups is 1. The molecular formula is C18H18N4O7. The van der Waals surface area contributed by atoms with Crippen LogP contribution in [0.2, 0.25) is 0 Å². The van der Waals surface area contributed by atoms with E-state index in [2.05, 4.69) is 5.16 Å². The van der Waals surface area contributed by atoms with E-state index in [1.807, 2.05) is 6.07 Å². The number of carbonyl (C=O) groups is 3. The number of amides is 4. The molecule has 29 heavy (non-hydrogen) atoms. The summed E-state index contributed by atoms with van der Waals surface area (Å²) in [5, 5.41) is 13.8. The summed E-state index contributed by atoms with van der Waals surface area (Å²) in [4.78, 5) is 44.2. The Morgan fingerprint density at radius 3 is 2.24 bits per heavy atom. The van der Waals surface area contributed by atoms with Gasteiger partial charge in [0.2, 0.25) is 5.91 Å². The summed E-state index contributed by atoms with van der Waals surface area (Å²) in [6.07, 6.45) is 0. The molecule has 152 valence electrons. The summed E-state index contributed by atoms with van der Waals surface area (Å²) in [6, 6.07) is 4.11. The molecule has 1 spiro atoms. The van der Waals surface area contributed by atoms with Crippen molar-refractivity contribution >= 4 is 23.6 Å². The number of likely N-dealkylation sites (N-methyl/N-ethyl adjacent to an activating group) is 1. The van der Waals surface area contributed by atoms with Gasteiger partial charge in [0.1, 0.15) is 23.0 Å². The van der Waals surface area contributed by atoms with Crippen LogP contribution in [0.3, 0.4) is 0 Å². The number of nitrogens with zero attached hydrogens (tertiary/aromatic N) is 4. The molecule has 11 nitrogen and oxygen atoms in total. The van der Waals surface area contributed by atoms with Crippen molar-refractivity contribution in [3.05, 3.63) is 17.7 Å². The van der Waals surface area contributed by atoms with Crippen LogP contribution < -0.4 is 14.2 Å².